The third-order valence-corrected chi connectivity index (χ3v) is 5.55. The summed E-state index contributed by atoms with van der Waals surface area (Å²) in [6.07, 6.45) is 1.48. The summed E-state index contributed by atoms with van der Waals surface area (Å²) in [5.74, 6) is -0.703. The van der Waals surface area contributed by atoms with Gasteiger partial charge in [-0.25, -0.2) is 19.2 Å². The third kappa shape index (κ3) is 3.20. The van der Waals surface area contributed by atoms with Gasteiger partial charge in [0.15, 0.2) is 0 Å². The van der Waals surface area contributed by atoms with Gasteiger partial charge in [-0.2, -0.15) is 0 Å². The van der Waals surface area contributed by atoms with Crippen molar-refractivity contribution in [2.24, 2.45) is 0 Å². The van der Waals surface area contributed by atoms with Crippen LogP contribution in [0.5, 0.6) is 0 Å². The molecule has 7 heteroatoms. The smallest absolute Gasteiger partial charge is 0.335 e. The lowest BCUT2D eigenvalue weighted by Gasteiger charge is -2.12. The number of halogens is 1. The number of anilines is 2. The third-order valence-electron chi connectivity index (χ3n) is 4.53. The molecule has 140 valence electrons. The van der Waals surface area contributed by atoms with Crippen molar-refractivity contribution in [1.29, 1.82) is 0 Å². The number of thiophene rings is 1. The van der Waals surface area contributed by atoms with E-state index >= 15 is 0 Å². The van der Waals surface area contributed by atoms with Crippen LogP contribution in [-0.4, -0.2) is 21.0 Å². The number of carboxylic acid groups (broad SMARTS) is 1. The Labute approximate surface area is 164 Å². The van der Waals surface area contributed by atoms with Crippen LogP contribution in [0.15, 0.2) is 48.8 Å². The van der Waals surface area contributed by atoms with E-state index in [9.17, 15) is 14.3 Å². The van der Waals surface area contributed by atoms with Crippen molar-refractivity contribution in [2.45, 2.75) is 13.8 Å². The summed E-state index contributed by atoms with van der Waals surface area (Å²) < 4.78 is 13.4. The minimum Gasteiger partial charge on any atom is -0.478 e. The van der Waals surface area contributed by atoms with Gasteiger partial charge in [-0.15, -0.1) is 11.3 Å². The lowest BCUT2D eigenvalue weighted by atomic mass is 10.0. The number of aromatic nitrogens is 2. The van der Waals surface area contributed by atoms with Gasteiger partial charge >= 0.3 is 5.97 Å². The van der Waals surface area contributed by atoms with Crippen molar-refractivity contribution in [3.05, 3.63) is 70.6 Å². The molecule has 5 nitrogen and oxygen atoms in total. The van der Waals surface area contributed by atoms with E-state index in [-0.39, 0.29) is 11.4 Å². The van der Waals surface area contributed by atoms with Crippen LogP contribution in [0.2, 0.25) is 0 Å². The predicted molar refractivity (Wildman–Crippen MR) is 109 cm³/mol. The molecule has 0 fully saturated rings. The zero-order chi connectivity index (χ0) is 19.8. The molecule has 28 heavy (non-hydrogen) atoms. The standard InChI is InChI=1S/C21H16FN3O2S/c1-11-3-4-14(21(26)27)9-16(11)25-19-18-17(13-5-7-15(22)8-6-13)12(2)28-20(18)24-10-23-19/h3-10H,1-2H3,(H,26,27)(H,23,24,25). The van der Waals surface area contributed by atoms with Gasteiger partial charge in [-0.1, -0.05) is 18.2 Å². The minimum absolute atomic E-state index is 0.193. The Kier molecular flexibility index (Phi) is 4.52. The monoisotopic (exact) mass is 393 g/mol. The van der Waals surface area contributed by atoms with Crippen molar-refractivity contribution >= 4 is 39.0 Å². The lowest BCUT2D eigenvalue weighted by molar-refractivity contribution is 0.0697. The summed E-state index contributed by atoms with van der Waals surface area (Å²) >= 11 is 1.54. The molecule has 0 aliphatic rings. The van der Waals surface area contributed by atoms with E-state index in [2.05, 4.69) is 15.3 Å². The van der Waals surface area contributed by atoms with E-state index in [0.717, 1.165) is 31.8 Å². The van der Waals surface area contributed by atoms with Crippen molar-refractivity contribution in [1.82, 2.24) is 9.97 Å². The van der Waals surface area contributed by atoms with Crippen molar-refractivity contribution in [3.63, 3.8) is 0 Å². The summed E-state index contributed by atoms with van der Waals surface area (Å²) in [4.78, 5) is 21.9. The average molecular weight is 393 g/mol. The number of carboxylic acids is 1. The molecule has 0 saturated heterocycles. The summed E-state index contributed by atoms with van der Waals surface area (Å²) in [5.41, 5.74) is 3.56. The number of aromatic carboxylic acids is 1. The zero-order valence-electron chi connectivity index (χ0n) is 15.2. The Bertz CT molecular complexity index is 1200. The fraction of sp³-hybridized carbons (Fsp3) is 0.0952. The molecule has 0 bridgehead atoms. The normalized spacial score (nSPS) is 11.0. The summed E-state index contributed by atoms with van der Waals surface area (Å²) in [5, 5.41) is 13.4. The first kappa shape index (κ1) is 18.1. The highest BCUT2D eigenvalue weighted by Gasteiger charge is 2.18. The predicted octanol–water partition coefficient (Wildman–Crippen LogP) is 5.56. The Morgan fingerprint density at radius 2 is 1.86 bits per heavy atom. The second kappa shape index (κ2) is 7.01. The molecule has 0 spiro atoms. The molecule has 2 aromatic heterocycles. The Balaban J connectivity index is 1.88. The quantitative estimate of drug-likeness (QED) is 0.475. The first-order valence-electron chi connectivity index (χ1n) is 8.55. The molecule has 0 amide bonds. The molecule has 2 N–H and O–H groups in total. The fourth-order valence-corrected chi connectivity index (χ4v) is 4.13. The summed E-state index contributed by atoms with van der Waals surface area (Å²) in [6.45, 7) is 3.89. The largest absolute Gasteiger partial charge is 0.478 e. The number of hydrogen-bond donors (Lipinski definition) is 2. The van der Waals surface area contributed by atoms with E-state index in [0.29, 0.717) is 11.5 Å². The van der Waals surface area contributed by atoms with E-state index in [1.165, 1.54) is 29.8 Å². The highest BCUT2D eigenvalue weighted by molar-refractivity contribution is 7.19. The van der Waals surface area contributed by atoms with Gasteiger partial charge in [-0.3, -0.25) is 0 Å². The van der Waals surface area contributed by atoms with E-state index in [4.69, 9.17) is 0 Å². The molecule has 0 unspecified atom stereocenters. The maximum Gasteiger partial charge on any atom is 0.335 e. The molecule has 2 aromatic carbocycles. The highest BCUT2D eigenvalue weighted by atomic mass is 32.1. The van der Waals surface area contributed by atoms with Gasteiger partial charge in [-0.05, 0) is 49.2 Å². The lowest BCUT2D eigenvalue weighted by Crippen LogP contribution is -2.01. The molecule has 4 aromatic rings. The molecular weight excluding hydrogens is 377 g/mol. The second-order valence-corrected chi connectivity index (χ2v) is 7.61. The number of benzene rings is 2. The van der Waals surface area contributed by atoms with Gasteiger partial charge in [0, 0.05) is 16.1 Å². The van der Waals surface area contributed by atoms with Gasteiger partial charge in [0.05, 0.1) is 10.9 Å². The number of fused-ring (bicyclic) bond motifs is 1. The number of rotatable bonds is 4. The maximum absolute atomic E-state index is 13.4. The molecule has 2 heterocycles. The molecule has 4 rings (SSSR count). The fourth-order valence-electron chi connectivity index (χ4n) is 3.12. The number of nitrogens with zero attached hydrogens (tertiary/aromatic N) is 2. The summed E-state index contributed by atoms with van der Waals surface area (Å²) in [7, 11) is 0. The maximum atomic E-state index is 13.4. The Morgan fingerprint density at radius 3 is 2.57 bits per heavy atom. The average Bonchev–Trinajstić information content (AvgIpc) is 3.01. The van der Waals surface area contributed by atoms with Gasteiger partial charge < -0.3 is 10.4 Å². The Morgan fingerprint density at radius 1 is 1.11 bits per heavy atom. The number of carbonyl (C=O) groups is 1. The number of hydrogen-bond acceptors (Lipinski definition) is 5. The van der Waals surface area contributed by atoms with Crippen LogP contribution in [-0.2, 0) is 0 Å². The van der Waals surface area contributed by atoms with Crippen LogP contribution in [0.4, 0.5) is 15.9 Å². The molecule has 0 aliphatic carbocycles. The number of nitrogens with one attached hydrogen (secondary N) is 1. The van der Waals surface area contributed by atoms with E-state index in [1.807, 2.05) is 13.8 Å². The van der Waals surface area contributed by atoms with Gasteiger partial charge in [0.25, 0.3) is 0 Å². The molecule has 0 aliphatic heterocycles. The van der Waals surface area contributed by atoms with Crippen LogP contribution in [0.3, 0.4) is 0 Å². The Hall–Kier alpha value is -3.32. The minimum atomic E-state index is -0.991. The first-order valence-corrected chi connectivity index (χ1v) is 9.36. The molecule has 0 atom stereocenters. The van der Waals surface area contributed by atoms with Crippen molar-refractivity contribution < 1.29 is 14.3 Å². The molecule has 0 saturated carbocycles. The first-order chi connectivity index (χ1) is 13.4. The second-order valence-electron chi connectivity index (χ2n) is 6.40. The number of aryl methyl sites for hydroxylation is 2. The summed E-state index contributed by atoms with van der Waals surface area (Å²) in [6, 6.07) is 11.2. The van der Waals surface area contributed by atoms with Crippen molar-refractivity contribution in [3.8, 4) is 11.1 Å². The van der Waals surface area contributed by atoms with Crippen LogP contribution in [0, 0.1) is 19.7 Å². The van der Waals surface area contributed by atoms with Crippen LogP contribution in [0.25, 0.3) is 21.3 Å². The van der Waals surface area contributed by atoms with Gasteiger partial charge in [0.1, 0.15) is 22.8 Å². The topological polar surface area (TPSA) is 75.1 Å². The van der Waals surface area contributed by atoms with Crippen molar-refractivity contribution in [2.75, 3.05) is 5.32 Å². The zero-order valence-corrected chi connectivity index (χ0v) is 16.0. The molecular formula is C21H16FN3O2S. The van der Waals surface area contributed by atoms with Crippen LogP contribution in [0.1, 0.15) is 20.8 Å². The molecule has 0 radical (unpaired) electrons. The van der Waals surface area contributed by atoms with Crippen LogP contribution >= 0.6 is 11.3 Å². The van der Waals surface area contributed by atoms with Crippen LogP contribution < -0.4 is 5.32 Å². The highest BCUT2D eigenvalue weighted by Crippen LogP contribution is 2.41. The van der Waals surface area contributed by atoms with E-state index in [1.54, 1.807) is 30.3 Å². The van der Waals surface area contributed by atoms with E-state index < -0.39 is 5.97 Å². The van der Waals surface area contributed by atoms with Gasteiger partial charge in [0.2, 0.25) is 0 Å². The SMILES string of the molecule is Cc1ccc(C(=O)O)cc1Nc1ncnc2sc(C)c(-c3ccc(F)cc3)c12.